The molecular formula is C16H24FNO. The van der Waals surface area contributed by atoms with Crippen LogP contribution in [0.1, 0.15) is 37.7 Å². The maximum Gasteiger partial charge on any atom is 0.165 e. The van der Waals surface area contributed by atoms with Crippen LogP contribution in [-0.2, 0) is 6.42 Å². The van der Waals surface area contributed by atoms with Gasteiger partial charge in [-0.1, -0.05) is 25.3 Å². The van der Waals surface area contributed by atoms with Crippen molar-refractivity contribution >= 4 is 0 Å². The van der Waals surface area contributed by atoms with Gasteiger partial charge in [0.05, 0.1) is 7.11 Å². The van der Waals surface area contributed by atoms with Gasteiger partial charge in [-0.2, -0.15) is 0 Å². The molecule has 0 amide bonds. The Balaban J connectivity index is 2.07. The lowest BCUT2D eigenvalue weighted by molar-refractivity contribution is 0.348. The predicted octanol–water partition coefficient (Wildman–Crippen LogP) is 3.55. The molecule has 1 fully saturated rings. The Labute approximate surface area is 115 Å². The third-order valence-electron chi connectivity index (χ3n) is 4.24. The molecule has 3 heteroatoms. The Morgan fingerprint density at radius 2 is 2.05 bits per heavy atom. The summed E-state index contributed by atoms with van der Waals surface area (Å²) in [6.07, 6.45) is 7.34. The number of nitrogens with one attached hydrogen (secondary N) is 1. The molecule has 0 bridgehead atoms. The van der Waals surface area contributed by atoms with Crippen molar-refractivity contribution in [3.63, 3.8) is 0 Å². The average Bonchev–Trinajstić information content (AvgIpc) is 2.64. The Morgan fingerprint density at radius 3 is 2.74 bits per heavy atom. The smallest absolute Gasteiger partial charge is 0.165 e. The highest BCUT2D eigenvalue weighted by Crippen LogP contribution is 2.28. The van der Waals surface area contributed by atoms with Gasteiger partial charge in [0.2, 0.25) is 0 Å². The third-order valence-corrected chi connectivity index (χ3v) is 4.24. The molecule has 1 aromatic carbocycles. The number of hydrogen-bond acceptors (Lipinski definition) is 2. The normalized spacial score (nSPS) is 23.9. The van der Waals surface area contributed by atoms with Gasteiger partial charge in [0, 0.05) is 6.04 Å². The molecule has 0 aliphatic heterocycles. The number of rotatable bonds is 4. The summed E-state index contributed by atoms with van der Waals surface area (Å²) >= 11 is 0. The SMILES string of the molecule is CNC1CCCCCC1Cc1ccc(OC)c(F)c1. The van der Waals surface area contributed by atoms with Gasteiger partial charge >= 0.3 is 0 Å². The average molecular weight is 265 g/mol. The molecule has 2 rings (SSSR count). The third kappa shape index (κ3) is 3.69. The van der Waals surface area contributed by atoms with Crippen molar-refractivity contribution in [1.82, 2.24) is 5.32 Å². The minimum atomic E-state index is -0.255. The summed E-state index contributed by atoms with van der Waals surface area (Å²) in [4.78, 5) is 0. The topological polar surface area (TPSA) is 21.3 Å². The molecule has 19 heavy (non-hydrogen) atoms. The van der Waals surface area contributed by atoms with E-state index >= 15 is 0 Å². The van der Waals surface area contributed by atoms with Crippen LogP contribution in [0.4, 0.5) is 4.39 Å². The summed E-state index contributed by atoms with van der Waals surface area (Å²) in [5.74, 6) is 0.685. The van der Waals surface area contributed by atoms with Crippen LogP contribution >= 0.6 is 0 Å². The Bertz CT molecular complexity index is 408. The lowest BCUT2D eigenvalue weighted by Gasteiger charge is -2.25. The van der Waals surface area contributed by atoms with E-state index < -0.39 is 0 Å². The first-order valence-electron chi connectivity index (χ1n) is 7.24. The van der Waals surface area contributed by atoms with Crippen LogP contribution in [-0.4, -0.2) is 20.2 Å². The highest BCUT2D eigenvalue weighted by molar-refractivity contribution is 5.29. The number of benzene rings is 1. The summed E-state index contributed by atoms with van der Waals surface area (Å²) < 4.78 is 18.7. The zero-order chi connectivity index (χ0) is 13.7. The van der Waals surface area contributed by atoms with E-state index in [-0.39, 0.29) is 5.82 Å². The zero-order valence-electron chi connectivity index (χ0n) is 11.9. The van der Waals surface area contributed by atoms with Crippen LogP contribution in [0, 0.1) is 11.7 Å². The fraction of sp³-hybridized carbons (Fsp3) is 0.625. The Hall–Kier alpha value is -1.09. The van der Waals surface area contributed by atoms with E-state index in [1.807, 2.05) is 13.1 Å². The summed E-state index contributed by atoms with van der Waals surface area (Å²) in [6.45, 7) is 0. The highest BCUT2D eigenvalue weighted by atomic mass is 19.1. The monoisotopic (exact) mass is 265 g/mol. The summed E-state index contributed by atoms with van der Waals surface area (Å²) in [5, 5.41) is 3.43. The van der Waals surface area contributed by atoms with Gasteiger partial charge in [-0.05, 0) is 49.9 Å². The lowest BCUT2D eigenvalue weighted by Crippen LogP contribution is -2.33. The zero-order valence-corrected chi connectivity index (χ0v) is 11.9. The van der Waals surface area contributed by atoms with Gasteiger partial charge in [-0.3, -0.25) is 0 Å². The van der Waals surface area contributed by atoms with E-state index in [2.05, 4.69) is 5.32 Å². The molecule has 1 aliphatic carbocycles. The molecule has 1 N–H and O–H groups in total. The van der Waals surface area contributed by atoms with Crippen LogP contribution in [0.5, 0.6) is 5.75 Å². The van der Waals surface area contributed by atoms with E-state index in [0.717, 1.165) is 12.0 Å². The fourth-order valence-corrected chi connectivity index (χ4v) is 3.15. The lowest BCUT2D eigenvalue weighted by atomic mass is 9.88. The molecule has 1 aromatic rings. The molecule has 2 unspecified atom stereocenters. The molecule has 2 nitrogen and oxygen atoms in total. The van der Waals surface area contributed by atoms with Gasteiger partial charge in [-0.25, -0.2) is 4.39 Å². The molecule has 1 saturated carbocycles. The van der Waals surface area contributed by atoms with Crippen molar-refractivity contribution < 1.29 is 9.13 Å². The first-order valence-corrected chi connectivity index (χ1v) is 7.24. The van der Waals surface area contributed by atoms with Crippen molar-refractivity contribution in [2.45, 2.75) is 44.6 Å². The van der Waals surface area contributed by atoms with Gasteiger partial charge < -0.3 is 10.1 Å². The second-order valence-electron chi connectivity index (χ2n) is 5.47. The van der Waals surface area contributed by atoms with Crippen LogP contribution < -0.4 is 10.1 Å². The molecule has 0 heterocycles. The van der Waals surface area contributed by atoms with Gasteiger partial charge in [0.15, 0.2) is 11.6 Å². The van der Waals surface area contributed by atoms with E-state index in [4.69, 9.17) is 4.74 Å². The van der Waals surface area contributed by atoms with Crippen LogP contribution in [0.15, 0.2) is 18.2 Å². The first-order chi connectivity index (χ1) is 9.24. The number of hydrogen-bond donors (Lipinski definition) is 1. The first kappa shape index (κ1) is 14.3. The number of methoxy groups -OCH3 is 1. The molecule has 0 saturated heterocycles. The molecule has 0 aromatic heterocycles. The number of halogens is 1. The fourth-order valence-electron chi connectivity index (χ4n) is 3.15. The van der Waals surface area contributed by atoms with Crippen LogP contribution in [0.2, 0.25) is 0 Å². The molecule has 0 radical (unpaired) electrons. The maximum absolute atomic E-state index is 13.7. The second-order valence-corrected chi connectivity index (χ2v) is 5.47. The van der Waals surface area contributed by atoms with Crippen LogP contribution in [0.3, 0.4) is 0 Å². The summed E-state index contributed by atoms with van der Waals surface area (Å²) in [6, 6.07) is 5.90. The second kappa shape index (κ2) is 6.90. The molecule has 1 aliphatic rings. The van der Waals surface area contributed by atoms with Crippen molar-refractivity contribution in [2.75, 3.05) is 14.2 Å². The molecule has 0 spiro atoms. The largest absolute Gasteiger partial charge is 0.494 e. The molecule has 106 valence electrons. The van der Waals surface area contributed by atoms with Gasteiger partial charge in [0.1, 0.15) is 0 Å². The number of ether oxygens (including phenoxy) is 1. The van der Waals surface area contributed by atoms with E-state index in [0.29, 0.717) is 17.7 Å². The standard InChI is InChI=1S/C16H24FNO/c1-18-15-7-5-3-4-6-13(15)10-12-8-9-16(19-2)14(17)11-12/h8-9,11,13,15,18H,3-7,10H2,1-2H3. The minimum absolute atomic E-state index is 0.255. The van der Waals surface area contributed by atoms with E-state index in [9.17, 15) is 4.39 Å². The maximum atomic E-state index is 13.7. The summed E-state index contributed by atoms with van der Waals surface area (Å²) in [5.41, 5.74) is 1.07. The van der Waals surface area contributed by atoms with E-state index in [1.165, 1.54) is 39.2 Å². The van der Waals surface area contributed by atoms with Gasteiger partial charge in [0.25, 0.3) is 0 Å². The van der Waals surface area contributed by atoms with E-state index in [1.54, 1.807) is 12.1 Å². The minimum Gasteiger partial charge on any atom is -0.494 e. The van der Waals surface area contributed by atoms with Crippen molar-refractivity contribution in [3.8, 4) is 5.75 Å². The molecular weight excluding hydrogens is 241 g/mol. The van der Waals surface area contributed by atoms with Crippen LogP contribution in [0.25, 0.3) is 0 Å². The van der Waals surface area contributed by atoms with Crippen molar-refractivity contribution in [3.05, 3.63) is 29.6 Å². The molecule has 2 atom stereocenters. The quantitative estimate of drug-likeness (QED) is 0.841. The Kier molecular flexibility index (Phi) is 5.20. The van der Waals surface area contributed by atoms with Gasteiger partial charge in [-0.15, -0.1) is 0 Å². The Morgan fingerprint density at radius 1 is 1.26 bits per heavy atom. The summed E-state index contributed by atoms with van der Waals surface area (Å²) in [7, 11) is 3.54. The van der Waals surface area contributed by atoms with Crippen molar-refractivity contribution in [2.24, 2.45) is 5.92 Å². The van der Waals surface area contributed by atoms with Crippen molar-refractivity contribution in [1.29, 1.82) is 0 Å². The predicted molar refractivity (Wildman–Crippen MR) is 76.1 cm³/mol. The highest BCUT2D eigenvalue weighted by Gasteiger charge is 2.22.